The Morgan fingerprint density at radius 2 is 1.10 bits per heavy atom. The maximum atomic E-state index is 2.60. The molecule has 0 saturated carbocycles. The van der Waals surface area contributed by atoms with Crippen molar-refractivity contribution in [3.8, 4) is 0 Å². The second-order valence-electron chi connectivity index (χ2n) is 4.43. The summed E-state index contributed by atoms with van der Waals surface area (Å²) < 4.78 is 0. The Balaban J connectivity index is 2.30. The Labute approximate surface area is 67.8 Å². The van der Waals surface area contributed by atoms with Crippen molar-refractivity contribution < 1.29 is 0 Å². The summed E-state index contributed by atoms with van der Waals surface area (Å²) in [5.41, 5.74) is 0. The van der Waals surface area contributed by atoms with Crippen LogP contribution in [-0.2, 0) is 0 Å². The van der Waals surface area contributed by atoms with Crippen LogP contribution in [0.3, 0.4) is 0 Å². The van der Waals surface area contributed by atoms with Crippen LogP contribution in [0.5, 0.6) is 0 Å². The van der Waals surface area contributed by atoms with E-state index in [-0.39, 0.29) is 0 Å². The van der Waals surface area contributed by atoms with Crippen molar-refractivity contribution in [1.29, 1.82) is 0 Å². The normalized spacial score (nSPS) is 27.0. The van der Waals surface area contributed by atoms with Gasteiger partial charge in [-0.3, -0.25) is 0 Å². The monoisotopic (exact) mass is 202 g/mol. The van der Waals surface area contributed by atoms with Gasteiger partial charge in [0, 0.05) is 0 Å². The van der Waals surface area contributed by atoms with Crippen molar-refractivity contribution in [2.75, 3.05) is 0 Å². The number of hydrogen-bond acceptors (Lipinski definition) is 0. The van der Waals surface area contributed by atoms with Gasteiger partial charge in [0.15, 0.2) is 0 Å². The van der Waals surface area contributed by atoms with Crippen LogP contribution in [-0.4, -0.2) is 13.3 Å². The van der Waals surface area contributed by atoms with Crippen LogP contribution in [0.4, 0.5) is 0 Å². The third-order valence-electron chi connectivity index (χ3n) is 2.71. The molecule has 0 aliphatic carbocycles. The van der Waals surface area contributed by atoms with Crippen molar-refractivity contribution in [2.45, 2.75) is 54.1 Å². The standard InChI is InChI=1S/C9H20Ge/c1-10(2)8-6-4-3-5-7-9-10/h3-9H2,1-2H3. The number of hydrogen-bond donors (Lipinski definition) is 0. The predicted octanol–water partition coefficient (Wildman–Crippen LogP) is 3.66. The molecule has 0 aromatic heterocycles. The van der Waals surface area contributed by atoms with Crippen molar-refractivity contribution in [3.63, 3.8) is 0 Å². The van der Waals surface area contributed by atoms with Gasteiger partial charge in [-0.25, -0.2) is 0 Å². The summed E-state index contributed by atoms with van der Waals surface area (Å²) in [5, 5.41) is 3.28. The van der Waals surface area contributed by atoms with Crippen molar-refractivity contribution in [2.24, 2.45) is 0 Å². The molecular weight excluding hydrogens is 181 g/mol. The van der Waals surface area contributed by atoms with Gasteiger partial charge in [-0.15, -0.1) is 0 Å². The number of rotatable bonds is 0. The second-order valence-corrected chi connectivity index (χ2v) is 15.6. The zero-order valence-corrected chi connectivity index (χ0v) is 9.55. The zero-order chi connectivity index (χ0) is 7.45. The van der Waals surface area contributed by atoms with E-state index < -0.39 is 13.3 Å². The minimum atomic E-state index is -1.14. The Morgan fingerprint density at radius 3 is 1.60 bits per heavy atom. The van der Waals surface area contributed by atoms with Crippen LogP contribution in [0.2, 0.25) is 22.0 Å². The molecule has 1 aliphatic heterocycles. The summed E-state index contributed by atoms with van der Waals surface area (Å²) in [6, 6.07) is 0. The van der Waals surface area contributed by atoms with E-state index in [2.05, 4.69) is 11.5 Å². The van der Waals surface area contributed by atoms with E-state index in [1.165, 1.54) is 19.3 Å². The summed E-state index contributed by atoms with van der Waals surface area (Å²) in [6.07, 6.45) is 7.65. The van der Waals surface area contributed by atoms with Crippen LogP contribution < -0.4 is 0 Å². The maximum absolute atomic E-state index is 2.60. The van der Waals surface area contributed by atoms with E-state index in [1.54, 1.807) is 23.3 Å². The SMILES string of the molecule is [CH3][Ge]1([CH3])[CH2]CCCCC[CH2]1. The van der Waals surface area contributed by atoms with Gasteiger partial charge in [-0.2, -0.15) is 0 Å². The molecular formula is C9H20Ge. The molecule has 0 aromatic rings. The molecule has 0 spiro atoms. The average molecular weight is 201 g/mol. The molecule has 0 N–H and O–H groups in total. The van der Waals surface area contributed by atoms with E-state index in [0.29, 0.717) is 0 Å². The molecule has 60 valence electrons. The molecule has 1 fully saturated rings. The molecule has 0 nitrogen and oxygen atoms in total. The first-order chi connectivity index (χ1) is 4.71. The summed E-state index contributed by atoms with van der Waals surface area (Å²) in [7, 11) is 0. The molecule has 0 radical (unpaired) electrons. The van der Waals surface area contributed by atoms with E-state index in [1.807, 2.05) is 0 Å². The Morgan fingerprint density at radius 1 is 0.700 bits per heavy atom. The molecule has 0 aromatic carbocycles. The first-order valence-electron chi connectivity index (χ1n) is 4.71. The van der Waals surface area contributed by atoms with Gasteiger partial charge in [0.25, 0.3) is 0 Å². The molecule has 0 bridgehead atoms. The van der Waals surface area contributed by atoms with Gasteiger partial charge in [0.05, 0.1) is 0 Å². The first-order valence-corrected chi connectivity index (χ1v) is 11.9. The Hall–Kier alpha value is 0.543. The van der Waals surface area contributed by atoms with Crippen LogP contribution in [0, 0.1) is 0 Å². The van der Waals surface area contributed by atoms with Gasteiger partial charge in [0.1, 0.15) is 0 Å². The summed E-state index contributed by atoms with van der Waals surface area (Å²) >= 11 is -1.14. The molecule has 1 rings (SSSR count). The summed E-state index contributed by atoms with van der Waals surface area (Å²) in [4.78, 5) is 0. The van der Waals surface area contributed by atoms with Crippen molar-refractivity contribution in [3.05, 3.63) is 0 Å². The molecule has 10 heavy (non-hydrogen) atoms. The summed E-state index contributed by atoms with van der Waals surface area (Å²) in [5.74, 6) is 5.20. The molecule has 0 amide bonds. The predicted molar refractivity (Wildman–Crippen MR) is 50.2 cm³/mol. The van der Waals surface area contributed by atoms with Crippen molar-refractivity contribution in [1.82, 2.24) is 0 Å². The third-order valence-corrected chi connectivity index (χ3v) is 9.87. The molecule has 1 heteroatoms. The topological polar surface area (TPSA) is 0 Å². The van der Waals surface area contributed by atoms with Crippen LogP contribution >= 0.6 is 0 Å². The van der Waals surface area contributed by atoms with Gasteiger partial charge in [0.2, 0.25) is 0 Å². The van der Waals surface area contributed by atoms with Gasteiger partial charge in [-0.05, 0) is 0 Å². The zero-order valence-electron chi connectivity index (χ0n) is 7.45. The molecule has 1 aliphatic rings. The molecule has 0 unspecified atom stereocenters. The quantitative estimate of drug-likeness (QED) is 0.524. The van der Waals surface area contributed by atoms with Crippen molar-refractivity contribution >= 4 is 13.3 Å². The van der Waals surface area contributed by atoms with Crippen LogP contribution in [0.15, 0.2) is 0 Å². The minimum absolute atomic E-state index is 1.14. The van der Waals surface area contributed by atoms with E-state index in [0.717, 1.165) is 0 Å². The van der Waals surface area contributed by atoms with E-state index in [4.69, 9.17) is 0 Å². The first kappa shape index (κ1) is 8.64. The van der Waals surface area contributed by atoms with Crippen LogP contribution in [0.1, 0.15) is 32.1 Å². The van der Waals surface area contributed by atoms with E-state index >= 15 is 0 Å². The molecule has 1 heterocycles. The van der Waals surface area contributed by atoms with Gasteiger partial charge < -0.3 is 0 Å². The molecule has 1 saturated heterocycles. The summed E-state index contributed by atoms with van der Waals surface area (Å²) in [6.45, 7) is 0. The van der Waals surface area contributed by atoms with Crippen LogP contribution in [0.25, 0.3) is 0 Å². The Kier molecular flexibility index (Phi) is 3.28. The molecule has 0 atom stereocenters. The fourth-order valence-corrected chi connectivity index (χ4v) is 7.45. The van der Waals surface area contributed by atoms with Gasteiger partial charge in [-0.1, -0.05) is 0 Å². The average Bonchev–Trinajstić information content (AvgIpc) is 1.81. The van der Waals surface area contributed by atoms with E-state index in [9.17, 15) is 0 Å². The van der Waals surface area contributed by atoms with Gasteiger partial charge >= 0.3 is 67.4 Å². The Bertz CT molecular complexity index is 86.9. The fraction of sp³-hybridized carbons (Fsp3) is 1.00. The second kappa shape index (κ2) is 3.80. The fourth-order valence-electron chi connectivity index (χ4n) is 1.86. The third kappa shape index (κ3) is 3.09.